The normalized spacial score (nSPS) is 48.7. The van der Waals surface area contributed by atoms with Crippen molar-refractivity contribution in [1.82, 2.24) is 0 Å². The highest BCUT2D eigenvalue weighted by molar-refractivity contribution is 5.28. The molecule has 0 aliphatic heterocycles. The predicted molar refractivity (Wildman–Crippen MR) is 89.1 cm³/mol. The van der Waals surface area contributed by atoms with E-state index in [1.54, 1.807) is 11.1 Å². The van der Waals surface area contributed by atoms with Crippen molar-refractivity contribution in [1.29, 1.82) is 0 Å². The molecule has 0 bridgehead atoms. The summed E-state index contributed by atoms with van der Waals surface area (Å²) in [5, 5.41) is 10.5. The molecule has 3 aliphatic carbocycles. The molecule has 3 aliphatic rings. The maximum Gasteiger partial charge on any atom is 0.0594 e. The van der Waals surface area contributed by atoms with Crippen LogP contribution < -0.4 is 0 Å². The van der Waals surface area contributed by atoms with E-state index in [9.17, 15) is 5.11 Å². The number of allylic oxidation sites excluding steroid dienone is 2. The summed E-state index contributed by atoms with van der Waals surface area (Å²) in [7, 11) is 0. The molecule has 1 heteroatoms. The Morgan fingerprint density at radius 2 is 1.62 bits per heavy atom. The largest absolute Gasteiger partial charge is 0.393 e. The lowest BCUT2D eigenvalue weighted by atomic mass is 9.43. The molecule has 0 aromatic heterocycles. The zero-order valence-corrected chi connectivity index (χ0v) is 14.9. The zero-order valence-electron chi connectivity index (χ0n) is 14.9. The molecule has 0 amide bonds. The van der Waals surface area contributed by atoms with E-state index in [2.05, 4.69) is 41.5 Å². The van der Waals surface area contributed by atoms with Gasteiger partial charge in [-0.25, -0.2) is 0 Å². The Morgan fingerprint density at radius 1 is 0.952 bits per heavy atom. The van der Waals surface area contributed by atoms with Crippen molar-refractivity contribution in [2.75, 3.05) is 0 Å². The van der Waals surface area contributed by atoms with Crippen LogP contribution in [0.2, 0.25) is 0 Å². The van der Waals surface area contributed by atoms with Gasteiger partial charge in [0.05, 0.1) is 6.10 Å². The van der Waals surface area contributed by atoms with E-state index >= 15 is 0 Å². The summed E-state index contributed by atoms with van der Waals surface area (Å²) < 4.78 is 0. The van der Waals surface area contributed by atoms with Crippen molar-refractivity contribution in [2.45, 2.75) is 86.2 Å². The summed E-state index contributed by atoms with van der Waals surface area (Å²) in [5.74, 6) is 1.50. The molecule has 3 saturated carbocycles. The van der Waals surface area contributed by atoms with Crippen molar-refractivity contribution < 1.29 is 5.11 Å². The summed E-state index contributed by atoms with van der Waals surface area (Å²) in [6, 6.07) is 0. The highest BCUT2D eigenvalue weighted by atomic mass is 16.3. The van der Waals surface area contributed by atoms with Gasteiger partial charge in [0, 0.05) is 0 Å². The van der Waals surface area contributed by atoms with E-state index in [0.29, 0.717) is 16.7 Å². The first-order valence-corrected chi connectivity index (χ1v) is 8.99. The lowest BCUT2D eigenvalue weighted by molar-refractivity contribution is -0.157. The molecule has 0 spiro atoms. The van der Waals surface area contributed by atoms with E-state index in [4.69, 9.17) is 0 Å². The molecule has 3 rings (SSSR count). The molecule has 1 nitrogen and oxygen atoms in total. The van der Waals surface area contributed by atoms with Gasteiger partial charge in [-0.1, -0.05) is 38.8 Å². The summed E-state index contributed by atoms with van der Waals surface area (Å²) in [6.07, 6.45) is 7.42. The van der Waals surface area contributed by atoms with E-state index < -0.39 is 0 Å². The summed E-state index contributed by atoms with van der Waals surface area (Å²) in [4.78, 5) is 0. The van der Waals surface area contributed by atoms with E-state index in [1.165, 1.54) is 32.1 Å². The molecule has 0 unspecified atom stereocenters. The lowest BCUT2D eigenvalue weighted by Crippen LogP contribution is -2.57. The van der Waals surface area contributed by atoms with Gasteiger partial charge in [0.1, 0.15) is 0 Å². The van der Waals surface area contributed by atoms with Gasteiger partial charge in [0.15, 0.2) is 0 Å². The van der Waals surface area contributed by atoms with Crippen LogP contribution >= 0.6 is 0 Å². The molecule has 5 atom stereocenters. The monoisotopic (exact) mass is 290 g/mol. The topological polar surface area (TPSA) is 20.2 Å². The molecule has 0 aromatic carbocycles. The Hall–Kier alpha value is -0.300. The van der Waals surface area contributed by atoms with E-state index in [-0.39, 0.29) is 11.5 Å². The van der Waals surface area contributed by atoms with Gasteiger partial charge in [0.2, 0.25) is 0 Å². The van der Waals surface area contributed by atoms with Gasteiger partial charge in [-0.05, 0) is 80.5 Å². The summed E-state index contributed by atoms with van der Waals surface area (Å²) in [5.41, 5.74) is 4.27. The van der Waals surface area contributed by atoms with Gasteiger partial charge < -0.3 is 5.11 Å². The summed E-state index contributed by atoms with van der Waals surface area (Å²) >= 11 is 0. The minimum Gasteiger partial charge on any atom is -0.393 e. The molecular formula is C20H34O. The van der Waals surface area contributed by atoms with Gasteiger partial charge in [0.25, 0.3) is 0 Å². The molecule has 0 radical (unpaired) electrons. The van der Waals surface area contributed by atoms with Crippen LogP contribution in [0.25, 0.3) is 0 Å². The second-order valence-electron chi connectivity index (χ2n) is 9.46. The fourth-order valence-electron chi connectivity index (χ4n) is 6.95. The van der Waals surface area contributed by atoms with Crippen LogP contribution in [0.3, 0.4) is 0 Å². The molecule has 0 saturated heterocycles. The first-order chi connectivity index (χ1) is 9.64. The first kappa shape index (κ1) is 15.6. The molecular weight excluding hydrogens is 256 g/mol. The number of hydrogen-bond donors (Lipinski definition) is 1. The van der Waals surface area contributed by atoms with Crippen LogP contribution in [-0.4, -0.2) is 11.2 Å². The fraction of sp³-hybridized carbons (Fsp3) is 0.900. The SMILES string of the molecule is CC(C)=C1CC[C@@H]2[C@@]3(C)CC[C@H](O)C(C)(C)[C@@H]3CC[C@@]12C. The minimum absolute atomic E-state index is 0.0854. The third-order valence-electron chi connectivity index (χ3n) is 8.00. The maximum absolute atomic E-state index is 10.5. The minimum atomic E-state index is -0.107. The maximum atomic E-state index is 10.5. The molecule has 120 valence electrons. The lowest BCUT2D eigenvalue weighted by Gasteiger charge is -2.62. The van der Waals surface area contributed by atoms with Gasteiger partial charge in [-0.2, -0.15) is 0 Å². The van der Waals surface area contributed by atoms with Crippen LogP contribution in [0.15, 0.2) is 11.1 Å². The van der Waals surface area contributed by atoms with Gasteiger partial charge >= 0.3 is 0 Å². The van der Waals surface area contributed by atoms with Crippen molar-refractivity contribution in [2.24, 2.45) is 28.1 Å². The molecule has 0 heterocycles. The number of aliphatic hydroxyl groups excluding tert-OH is 1. The number of hydrogen-bond acceptors (Lipinski definition) is 1. The van der Waals surface area contributed by atoms with E-state index in [0.717, 1.165) is 12.3 Å². The number of aliphatic hydroxyl groups is 1. The smallest absolute Gasteiger partial charge is 0.0594 e. The molecule has 21 heavy (non-hydrogen) atoms. The fourth-order valence-corrected chi connectivity index (χ4v) is 6.95. The van der Waals surface area contributed by atoms with Crippen LogP contribution in [-0.2, 0) is 0 Å². The predicted octanol–water partition coefficient (Wildman–Crippen LogP) is 5.34. The second-order valence-corrected chi connectivity index (χ2v) is 9.46. The third kappa shape index (κ3) is 1.92. The second kappa shape index (κ2) is 4.60. The number of fused-ring (bicyclic) bond motifs is 3. The average molecular weight is 290 g/mol. The molecule has 0 aromatic rings. The Morgan fingerprint density at radius 3 is 2.24 bits per heavy atom. The highest BCUT2D eigenvalue weighted by Crippen LogP contribution is 2.69. The van der Waals surface area contributed by atoms with Gasteiger partial charge in [-0.15, -0.1) is 0 Å². The van der Waals surface area contributed by atoms with Gasteiger partial charge in [-0.3, -0.25) is 0 Å². The third-order valence-corrected chi connectivity index (χ3v) is 8.00. The average Bonchev–Trinajstić information content (AvgIpc) is 2.73. The Labute approximate surface area is 131 Å². The Kier molecular flexibility index (Phi) is 3.41. The van der Waals surface area contributed by atoms with Crippen LogP contribution in [0, 0.1) is 28.1 Å². The van der Waals surface area contributed by atoms with Crippen molar-refractivity contribution in [3.63, 3.8) is 0 Å². The van der Waals surface area contributed by atoms with Crippen molar-refractivity contribution >= 4 is 0 Å². The Bertz CT molecular complexity index is 470. The standard InChI is InChI=1S/C20H34O/c1-13(2)14-7-8-16-19(14,5)11-9-15-18(3,4)17(21)10-12-20(15,16)6/h15-17,21H,7-12H2,1-6H3/t15-,16-,17-,19-,20-/m0/s1. The quantitative estimate of drug-likeness (QED) is 0.597. The molecule has 1 N–H and O–H groups in total. The molecule has 3 fully saturated rings. The van der Waals surface area contributed by atoms with Crippen molar-refractivity contribution in [3.8, 4) is 0 Å². The van der Waals surface area contributed by atoms with Crippen LogP contribution in [0.5, 0.6) is 0 Å². The van der Waals surface area contributed by atoms with Crippen LogP contribution in [0.1, 0.15) is 80.1 Å². The first-order valence-electron chi connectivity index (χ1n) is 8.99. The highest BCUT2D eigenvalue weighted by Gasteiger charge is 2.62. The number of rotatable bonds is 0. The zero-order chi connectivity index (χ0) is 15.6. The van der Waals surface area contributed by atoms with Crippen molar-refractivity contribution in [3.05, 3.63) is 11.1 Å². The Balaban J connectivity index is 2.03. The van der Waals surface area contributed by atoms with Crippen LogP contribution in [0.4, 0.5) is 0 Å². The summed E-state index contributed by atoms with van der Waals surface area (Å²) in [6.45, 7) is 14.4. The van der Waals surface area contributed by atoms with E-state index in [1.807, 2.05) is 0 Å².